The summed E-state index contributed by atoms with van der Waals surface area (Å²) in [7, 11) is 0. The summed E-state index contributed by atoms with van der Waals surface area (Å²) in [5, 5.41) is 8.69. The van der Waals surface area contributed by atoms with Crippen LogP contribution in [0, 0.1) is 17.0 Å². The molecule has 214 valence electrons. The number of amides is 3. The van der Waals surface area contributed by atoms with Gasteiger partial charge < -0.3 is 21.7 Å². The molecule has 0 radical (unpaired) electrons. The molecule has 7 nitrogen and oxygen atoms in total. The van der Waals surface area contributed by atoms with Gasteiger partial charge >= 0.3 is 0 Å². The van der Waals surface area contributed by atoms with Crippen LogP contribution in [0.3, 0.4) is 0 Å². The van der Waals surface area contributed by atoms with Crippen molar-refractivity contribution in [1.82, 2.24) is 5.32 Å². The van der Waals surface area contributed by atoms with Crippen molar-refractivity contribution in [1.29, 1.82) is 0 Å². The normalized spacial score (nSPS) is 23.4. The van der Waals surface area contributed by atoms with Gasteiger partial charge in [-0.25, -0.2) is 8.78 Å². The quantitative estimate of drug-likeness (QED) is 0.298. The molecule has 1 fully saturated rings. The predicted octanol–water partition coefficient (Wildman–Crippen LogP) is 5.76. The standard InChI is InChI=1S/C30H28Cl2F2N4O3/c1-29(2,3)13-21-30(23-19(33)11-15(31)12-20(23)37-28(30)41)22(17-5-4-6-18(32)24(17)34)25(38-21)27(40)36-16-9-7-14(8-10-16)26(35)39/h4-12,21-22,25,38H,13H2,1-3H3,(H2,35,39)(H,36,40)(H,37,41)/t21-,22-,25+,30+/m1/s1. The summed E-state index contributed by atoms with van der Waals surface area (Å²) < 4.78 is 31.7. The Balaban J connectivity index is 1.72. The van der Waals surface area contributed by atoms with Gasteiger partial charge in [0.2, 0.25) is 17.7 Å². The monoisotopic (exact) mass is 600 g/mol. The topological polar surface area (TPSA) is 113 Å². The van der Waals surface area contributed by atoms with Gasteiger partial charge in [0, 0.05) is 39.5 Å². The minimum absolute atomic E-state index is 0.0111. The number of hydrogen-bond donors (Lipinski definition) is 4. The lowest BCUT2D eigenvalue weighted by atomic mass is 9.62. The summed E-state index contributed by atoms with van der Waals surface area (Å²) in [6, 6.07) is 10.8. The van der Waals surface area contributed by atoms with Crippen LogP contribution in [0.1, 0.15) is 54.6 Å². The summed E-state index contributed by atoms with van der Waals surface area (Å²) in [6.45, 7) is 5.87. The molecule has 11 heteroatoms. The van der Waals surface area contributed by atoms with Crippen molar-refractivity contribution < 1.29 is 23.2 Å². The van der Waals surface area contributed by atoms with E-state index in [4.69, 9.17) is 28.9 Å². The number of benzene rings is 3. The van der Waals surface area contributed by atoms with E-state index in [0.717, 1.165) is 6.07 Å². The fourth-order valence-corrected chi connectivity index (χ4v) is 6.55. The molecule has 0 aliphatic carbocycles. The van der Waals surface area contributed by atoms with Crippen LogP contribution in [0.5, 0.6) is 0 Å². The number of halogens is 4. The second-order valence-electron chi connectivity index (χ2n) is 11.6. The molecule has 2 heterocycles. The molecule has 4 atom stereocenters. The maximum Gasteiger partial charge on any atom is 0.248 e. The maximum atomic E-state index is 15.9. The zero-order chi connectivity index (χ0) is 29.9. The number of anilines is 2. The van der Waals surface area contributed by atoms with Crippen molar-refractivity contribution in [3.63, 3.8) is 0 Å². The minimum atomic E-state index is -1.74. The molecule has 1 spiro atoms. The summed E-state index contributed by atoms with van der Waals surface area (Å²) in [6.07, 6.45) is 0.331. The molecule has 1 saturated heterocycles. The molecular weight excluding hydrogens is 573 g/mol. The highest BCUT2D eigenvalue weighted by molar-refractivity contribution is 6.31. The number of hydrogen-bond acceptors (Lipinski definition) is 4. The number of primary amides is 1. The average Bonchev–Trinajstić information content (AvgIpc) is 3.35. The largest absolute Gasteiger partial charge is 0.366 e. The molecule has 5 N–H and O–H groups in total. The smallest absolute Gasteiger partial charge is 0.248 e. The highest BCUT2D eigenvalue weighted by Crippen LogP contribution is 2.58. The second-order valence-corrected chi connectivity index (χ2v) is 12.5. The fraction of sp³-hybridized carbons (Fsp3) is 0.300. The van der Waals surface area contributed by atoms with E-state index in [1.54, 1.807) is 0 Å². The zero-order valence-corrected chi connectivity index (χ0v) is 24.0. The van der Waals surface area contributed by atoms with Crippen molar-refractivity contribution in [2.45, 2.75) is 50.6 Å². The number of rotatable bonds is 5. The van der Waals surface area contributed by atoms with Gasteiger partial charge in [-0.3, -0.25) is 14.4 Å². The Morgan fingerprint density at radius 2 is 1.76 bits per heavy atom. The molecule has 0 saturated carbocycles. The van der Waals surface area contributed by atoms with Crippen molar-refractivity contribution in [3.8, 4) is 0 Å². The van der Waals surface area contributed by atoms with E-state index in [9.17, 15) is 14.4 Å². The summed E-state index contributed by atoms with van der Waals surface area (Å²) in [5.41, 5.74) is 3.96. The van der Waals surface area contributed by atoms with E-state index in [-0.39, 0.29) is 37.8 Å². The molecule has 2 aliphatic rings. The summed E-state index contributed by atoms with van der Waals surface area (Å²) >= 11 is 12.3. The van der Waals surface area contributed by atoms with Crippen LogP contribution in [0.4, 0.5) is 20.2 Å². The lowest BCUT2D eigenvalue weighted by Crippen LogP contribution is -2.50. The van der Waals surface area contributed by atoms with Gasteiger partial charge in [-0.05, 0) is 59.9 Å². The minimum Gasteiger partial charge on any atom is -0.366 e. The van der Waals surface area contributed by atoms with Gasteiger partial charge in [0.1, 0.15) is 17.0 Å². The van der Waals surface area contributed by atoms with E-state index in [0.29, 0.717) is 12.1 Å². The molecule has 3 amide bonds. The second kappa shape index (κ2) is 10.4. The lowest BCUT2D eigenvalue weighted by molar-refractivity contribution is -0.122. The van der Waals surface area contributed by atoms with Gasteiger partial charge in [0.05, 0.1) is 11.1 Å². The Kier molecular flexibility index (Phi) is 7.34. The molecule has 0 unspecified atom stereocenters. The first kappa shape index (κ1) is 29.0. The first-order valence-corrected chi connectivity index (χ1v) is 13.7. The summed E-state index contributed by atoms with van der Waals surface area (Å²) in [4.78, 5) is 39.6. The van der Waals surface area contributed by atoms with Crippen LogP contribution >= 0.6 is 23.2 Å². The van der Waals surface area contributed by atoms with E-state index >= 15 is 8.78 Å². The number of nitrogens with one attached hydrogen (secondary N) is 3. The van der Waals surface area contributed by atoms with Crippen molar-refractivity contribution in [2.75, 3.05) is 10.6 Å². The van der Waals surface area contributed by atoms with Crippen LogP contribution < -0.4 is 21.7 Å². The van der Waals surface area contributed by atoms with Crippen molar-refractivity contribution >= 4 is 52.3 Å². The highest BCUT2D eigenvalue weighted by Gasteiger charge is 2.67. The third-order valence-corrected chi connectivity index (χ3v) is 8.21. The number of fused-ring (bicyclic) bond motifs is 2. The van der Waals surface area contributed by atoms with Crippen LogP contribution in [0.25, 0.3) is 0 Å². The molecule has 3 aromatic carbocycles. The van der Waals surface area contributed by atoms with Crippen LogP contribution in [0.15, 0.2) is 54.6 Å². The van der Waals surface area contributed by atoms with E-state index in [1.165, 1.54) is 48.5 Å². The fourth-order valence-electron chi connectivity index (χ4n) is 6.17. The first-order valence-electron chi connectivity index (χ1n) is 13.0. The number of carbonyl (C=O) groups excluding carboxylic acids is 3. The van der Waals surface area contributed by atoms with E-state index in [1.807, 2.05) is 20.8 Å². The Hall–Kier alpha value is -3.53. The Morgan fingerprint density at radius 3 is 2.39 bits per heavy atom. The third-order valence-electron chi connectivity index (χ3n) is 7.70. The molecule has 5 rings (SSSR count). The van der Waals surface area contributed by atoms with Crippen molar-refractivity contribution in [2.24, 2.45) is 11.1 Å². The van der Waals surface area contributed by atoms with E-state index < -0.39 is 52.8 Å². The molecule has 41 heavy (non-hydrogen) atoms. The van der Waals surface area contributed by atoms with Crippen LogP contribution in [0.2, 0.25) is 10.0 Å². The van der Waals surface area contributed by atoms with E-state index in [2.05, 4.69) is 16.0 Å². The van der Waals surface area contributed by atoms with Crippen LogP contribution in [-0.4, -0.2) is 29.8 Å². The molecule has 0 aromatic heterocycles. The molecule has 0 bridgehead atoms. The van der Waals surface area contributed by atoms with Crippen molar-refractivity contribution in [3.05, 3.63) is 93.0 Å². The molecule has 2 aliphatic heterocycles. The summed E-state index contributed by atoms with van der Waals surface area (Å²) in [5.74, 6) is -4.57. The first-order chi connectivity index (χ1) is 19.2. The maximum absolute atomic E-state index is 15.9. The lowest BCUT2D eigenvalue weighted by Gasteiger charge is -2.37. The molecular formula is C30H28Cl2F2N4O3. The highest BCUT2D eigenvalue weighted by atomic mass is 35.5. The predicted molar refractivity (Wildman–Crippen MR) is 154 cm³/mol. The number of nitrogens with two attached hydrogens (primary N) is 1. The van der Waals surface area contributed by atoms with Gasteiger partial charge in [-0.15, -0.1) is 0 Å². The molecule has 3 aromatic rings. The van der Waals surface area contributed by atoms with Gasteiger partial charge in [0.25, 0.3) is 0 Å². The van der Waals surface area contributed by atoms with Gasteiger partial charge in [0.15, 0.2) is 0 Å². The van der Waals surface area contributed by atoms with Crippen LogP contribution in [-0.2, 0) is 15.0 Å². The Morgan fingerprint density at radius 1 is 1.07 bits per heavy atom. The average molecular weight is 601 g/mol. The van der Waals surface area contributed by atoms with Gasteiger partial charge in [-0.1, -0.05) is 56.1 Å². The van der Waals surface area contributed by atoms with Gasteiger partial charge in [-0.2, -0.15) is 0 Å². The number of carbonyl (C=O) groups is 3. The third kappa shape index (κ3) is 4.96. The Labute approximate surface area is 245 Å². The SMILES string of the molecule is CC(C)(C)C[C@H]1N[C@H](C(=O)Nc2ccc(C(N)=O)cc2)[C@@H](c2cccc(Cl)c2F)[C@@]12C(=O)Nc1cc(Cl)cc(F)c12. The zero-order valence-electron chi connectivity index (χ0n) is 22.4. The Bertz CT molecular complexity index is 1580.